The number of sulfonamides is 1. The predicted octanol–water partition coefficient (Wildman–Crippen LogP) is 2.52. The summed E-state index contributed by atoms with van der Waals surface area (Å²) in [5.41, 5.74) is 2.96. The van der Waals surface area contributed by atoms with Gasteiger partial charge in [0, 0.05) is 49.9 Å². The first-order chi connectivity index (χ1) is 16.7. The fourth-order valence-electron chi connectivity index (χ4n) is 4.22. The molecule has 0 radical (unpaired) electrons. The van der Waals surface area contributed by atoms with Crippen LogP contribution in [0.3, 0.4) is 0 Å². The number of para-hydroxylation sites is 1. The molecule has 184 valence electrons. The molecule has 1 fully saturated rings. The van der Waals surface area contributed by atoms with Crippen LogP contribution in [0.15, 0.2) is 65.7 Å². The van der Waals surface area contributed by atoms with Gasteiger partial charge < -0.3 is 10.2 Å². The van der Waals surface area contributed by atoms with E-state index in [4.69, 9.17) is 0 Å². The highest BCUT2D eigenvalue weighted by Crippen LogP contribution is 2.22. The third kappa shape index (κ3) is 5.13. The van der Waals surface area contributed by atoms with Gasteiger partial charge in [-0.05, 0) is 44.2 Å². The number of nitrogens with zero attached hydrogens (tertiary/aromatic N) is 4. The summed E-state index contributed by atoms with van der Waals surface area (Å²) in [5.74, 6) is -0.442. The van der Waals surface area contributed by atoms with E-state index in [9.17, 15) is 18.0 Å². The summed E-state index contributed by atoms with van der Waals surface area (Å²) in [7, 11) is -3.78. The van der Waals surface area contributed by atoms with Crippen molar-refractivity contribution >= 4 is 21.8 Å². The Kier molecular flexibility index (Phi) is 7.04. The Balaban J connectivity index is 1.48. The Labute approximate surface area is 205 Å². The molecule has 0 bridgehead atoms. The van der Waals surface area contributed by atoms with E-state index in [1.54, 1.807) is 23.2 Å². The highest BCUT2D eigenvalue weighted by Gasteiger charge is 2.30. The largest absolute Gasteiger partial charge is 0.345 e. The van der Waals surface area contributed by atoms with Gasteiger partial charge in [-0.1, -0.05) is 24.3 Å². The molecule has 1 aromatic heterocycles. The van der Waals surface area contributed by atoms with Crippen LogP contribution < -0.4 is 5.32 Å². The van der Waals surface area contributed by atoms with E-state index in [-0.39, 0.29) is 41.4 Å². The highest BCUT2D eigenvalue weighted by molar-refractivity contribution is 7.89. The van der Waals surface area contributed by atoms with Crippen molar-refractivity contribution in [1.29, 1.82) is 0 Å². The van der Waals surface area contributed by atoms with Crippen molar-refractivity contribution in [2.45, 2.75) is 31.7 Å². The van der Waals surface area contributed by atoms with Gasteiger partial charge in [-0.15, -0.1) is 0 Å². The molecular weight excluding hydrogens is 466 g/mol. The highest BCUT2D eigenvalue weighted by atomic mass is 32.2. The van der Waals surface area contributed by atoms with Crippen molar-refractivity contribution in [1.82, 2.24) is 24.3 Å². The Hall–Kier alpha value is -3.50. The number of hydrogen-bond donors (Lipinski definition) is 1. The van der Waals surface area contributed by atoms with E-state index < -0.39 is 10.0 Å². The first kappa shape index (κ1) is 24.6. The number of nitrogens with one attached hydrogen (secondary N) is 1. The number of rotatable bonds is 6. The molecule has 1 unspecified atom stereocenters. The van der Waals surface area contributed by atoms with Gasteiger partial charge in [-0.25, -0.2) is 13.1 Å². The summed E-state index contributed by atoms with van der Waals surface area (Å²) < 4.78 is 29.5. The second-order valence-corrected chi connectivity index (χ2v) is 10.5. The normalized spacial score (nSPS) is 15.6. The number of aromatic nitrogens is 2. The van der Waals surface area contributed by atoms with Crippen molar-refractivity contribution in [3.05, 3.63) is 77.6 Å². The zero-order valence-corrected chi connectivity index (χ0v) is 20.8. The van der Waals surface area contributed by atoms with Crippen LogP contribution in [0.5, 0.6) is 0 Å². The van der Waals surface area contributed by atoms with Crippen LogP contribution in [0.4, 0.5) is 0 Å². The molecular formula is C25H29N5O4S. The maximum Gasteiger partial charge on any atom is 0.251 e. The summed E-state index contributed by atoms with van der Waals surface area (Å²) in [5, 5.41) is 7.41. The summed E-state index contributed by atoms with van der Waals surface area (Å²) in [6.45, 7) is 6.43. The van der Waals surface area contributed by atoms with E-state index in [1.807, 2.05) is 48.9 Å². The fraction of sp³-hybridized carbons (Fsp3) is 0.320. The average Bonchev–Trinajstić information content (AvgIpc) is 3.26. The minimum absolute atomic E-state index is 0.0576. The standard InChI is InChI=1S/C25H29N5O4S/c1-18(24-17-26-30(19(24)2)22-9-5-4-6-10-22)27-25(32)21-8-7-11-23(16-21)35(33,34)29-14-12-28(13-15-29)20(3)31/h4-11,16-18H,12-15H2,1-3H3,(H,27,32). The van der Waals surface area contributed by atoms with Crippen LogP contribution in [0.25, 0.3) is 5.69 Å². The lowest BCUT2D eigenvalue weighted by Crippen LogP contribution is -2.49. The van der Waals surface area contributed by atoms with Crippen LogP contribution in [0.2, 0.25) is 0 Å². The molecule has 4 rings (SSSR count). The molecule has 2 aromatic carbocycles. The van der Waals surface area contributed by atoms with E-state index in [2.05, 4.69) is 10.4 Å². The molecule has 1 aliphatic rings. The van der Waals surface area contributed by atoms with Gasteiger partial charge in [0.1, 0.15) is 0 Å². The van der Waals surface area contributed by atoms with Crippen LogP contribution in [-0.2, 0) is 14.8 Å². The van der Waals surface area contributed by atoms with E-state index in [0.29, 0.717) is 13.1 Å². The monoisotopic (exact) mass is 495 g/mol. The van der Waals surface area contributed by atoms with Crippen LogP contribution in [0, 0.1) is 6.92 Å². The lowest BCUT2D eigenvalue weighted by Gasteiger charge is -2.33. The quantitative estimate of drug-likeness (QED) is 0.566. The molecule has 10 heteroatoms. The SMILES string of the molecule is CC(=O)N1CCN(S(=O)(=O)c2cccc(C(=O)NC(C)c3cnn(-c4ccccc4)c3C)c2)CC1. The van der Waals surface area contributed by atoms with Crippen LogP contribution in [0.1, 0.15) is 41.5 Å². The van der Waals surface area contributed by atoms with Crippen LogP contribution >= 0.6 is 0 Å². The van der Waals surface area contributed by atoms with Crippen molar-refractivity contribution in [3.8, 4) is 5.69 Å². The minimum Gasteiger partial charge on any atom is -0.345 e. The van der Waals surface area contributed by atoms with Gasteiger partial charge in [0.05, 0.1) is 22.8 Å². The summed E-state index contributed by atoms with van der Waals surface area (Å²) >= 11 is 0. The molecule has 35 heavy (non-hydrogen) atoms. The van der Waals surface area contributed by atoms with Gasteiger partial charge >= 0.3 is 0 Å². The fourth-order valence-corrected chi connectivity index (χ4v) is 5.69. The molecule has 0 spiro atoms. The third-order valence-electron chi connectivity index (χ3n) is 6.28. The van der Waals surface area contributed by atoms with Crippen molar-refractivity contribution in [2.75, 3.05) is 26.2 Å². The Morgan fingerprint density at radius 2 is 1.69 bits per heavy atom. The molecule has 1 saturated heterocycles. The number of carbonyl (C=O) groups excluding carboxylic acids is 2. The van der Waals surface area contributed by atoms with Gasteiger partial charge in [0.15, 0.2) is 0 Å². The van der Waals surface area contributed by atoms with Gasteiger partial charge in [0.25, 0.3) is 5.91 Å². The van der Waals surface area contributed by atoms with Crippen LogP contribution in [-0.4, -0.2) is 65.4 Å². The van der Waals surface area contributed by atoms with Gasteiger partial charge in [0.2, 0.25) is 15.9 Å². The lowest BCUT2D eigenvalue weighted by atomic mass is 10.1. The molecule has 3 aromatic rings. The van der Waals surface area contributed by atoms with Gasteiger partial charge in [-0.2, -0.15) is 9.40 Å². The molecule has 2 amide bonds. The Morgan fingerprint density at radius 3 is 2.34 bits per heavy atom. The molecule has 0 aliphatic carbocycles. The number of benzene rings is 2. The van der Waals surface area contributed by atoms with E-state index >= 15 is 0 Å². The van der Waals surface area contributed by atoms with Crippen molar-refractivity contribution in [2.24, 2.45) is 0 Å². The van der Waals surface area contributed by atoms with Gasteiger partial charge in [-0.3, -0.25) is 9.59 Å². The smallest absolute Gasteiger partial charge is 0.251 e. The summed E-state index contributed by atoms with van der Waals surface area (Å²) in [6.07, 6.45) is 1.73. The second kappa shape index (κ2) is 10.0. The zero-order valence-electron chi connectivity index (χ0n) is 20.0. The van der Waals surface area contributed by atoms with Crippen molar-refractivity contribution in [3.63, 3.8) is 0 Å². The number of carbonyl (C=O) groups is 2. The molecule has 9 nitrogen and oxygen atoms in total. The maximum atomic E-state index is 13.1. The lowest BCUT2D eigenvalue weighted by molar-refractivity contribution is -0.129. The molecule has 2 heterocycles. The molecule has 1 atom stereocenters. The van der Waals surface area contributed by atoms with E-state index in [1.165, 1.54) is 23.4 Å². The summed E-state index contributed by atoms with van der Waals surface area (Å²) in [4.78, 5) is 26.2. The van der Waals surface area contributed by atoms with E-state index in [0.717, 1.165) is 16.9 Å². The zero-order chi connectivity index (χ0) is 25.2. The first-order valence-electron chi connectivity index (χ1n) is 11.4. The third-order valence-corrected chi connectivity index (χ3v) is 8.18. The predicted molar refractivity (Wildman–Crippen MR) is 132 cm³/mol. The summed E-state index contributed by atoms with van der Waals surface area (Å²) in [6, 6.07) is 15.4. The van der Waals surface area contributed by atoms with Crippen molar-refractivity contribution < 1.29 is 18.0 Å². The number of hydrogen-bond acceptors (Lipinski definition) is 5. The Morgan fingerprint density at radius 1 is 1.00 bits per heavy atom. The second-order valence-electron chi connectivity index (χ2n) is 8.57. The Bertz CT molecular complexity index is 1330. The minimum atomic E-state index is -3.78. The average molecular weight is 496 g/mol. The maximum absolute atomic E-state index is 13.1. The topological polar surface area (TPSA) is 105 Å². The first-order valence-corrected chi connectivity index (χ1v) is 12.9. The number of amides is 2. The number of piperazine rings is 1. The molecule has 0 saturated carbocycles. The molecule has 1 N–H and O–H groups in total. The molecule has 1 aliphatic heterocycles.